The Hall–Kier alpha value is -3.12. The summed E-state index contributed by atoms with van der Waals surface area (Å²) >= 11 is 1.62. The molecule has 6 heteroatoms. The molecule has 2 aromatic carbocycles. The van der Waals surface area contributed by atoms with Crippen molar-refractivity contribution in [1.82, 2.24) is 10.2 Å². The Morgan fingerprint density at radius 2 is 1.77 bits per heavy atom. The highest BCUT2D eigenvalue weighted by Gasteiger charge is 2.17. The molecule has 0 unspecified atom stereocenters. The first kappa shape index (κ1) is 21.6. The zero-order chi connectivity index (χ0) is 21.3. The first-order valence-corrected chi connectivity index (χ1v) is 10.7. The van der Waals surface area contributed by atoms with Gasteiger partial charge in [0.25, 0.3) is 5.91 Å². The zero-order valence-electron chi connectivity index (χ0n) is 17.3. The molecule has 0 aliphatic heterocycles. The van der Waals surface area contributed by atoms with Gasteiger partial charge in [-0.25, -0.2) is 0 Å². The molecule has 156 valence electrons. The van der Waals surface area contributed by atoms with E-state index >= 15 is 0 Å². The van der Waals surface area contributed by atoms with Crippen molar-refractivity contribution >= 4 is 23.2 Å². The second-order valence-electron chi connectivity index (χ2n) is 6.96. The van der Waals surface area contributed by atoms with E-state index in [1.54, 1.807) is 24.5 Å². The summed E-state index contributed by atoms with van der Waals surface area (Å²) in [6, 6.07) is 19.1. The molecule has 0 aliphatic carbocycles. The number of carbonyl (C=O) groups is 2. The van der Waals surface area contributed by atoms with E-state index in [0.717, 1.165) is 21.8 Å². The number of benzene rings is 2. The van der Waals surface area contributed by atoms with Gasteiger partial charge in [0.05, 0.1) is 13.7 Å². The van der Waals surface area contributed by atoms with Gasteiger partial charge in [0, 0.05) is 35.5 Å². The maximum Gasteiger partial charge on any atom is 0.251 e. The molecule has 0 aliphatic rings. The third-order valence-corrected chi connectivity index (χ3v) is 5.71. The molecule has 1 aromatic heterocycles. The highest BCUT2D eigenvalue weighted by Crippen LogP contribution is 2.22. The first-order valence-electron chi connectivity index (χ1n) is 9.84. The number of rotatable bonds is 9. The minimum absolute atomic E-state index is 0.0145. The lowest BCUT2D eigenvalue weighted by Crippen LogP contribution is -2.34. The molecule has 2 amide bonds. The highest BCUT2D eigenvalue weighted by molar-refractivity contribution is 7.09. The van der Waals surface area contributed by atoms with E-state index in [1.807, 2.05) is 71.8 Å². The molecule has 0 saturated carbocycles. The van der Waals surface area contributed by atoms with Crippen molar-refractivity contribution < 1.29 is 14.3 Å². The van der Waals surface area contributed by atoms with E-state index < -0.39 is 0 Å². The molecule has 0 spiro atoms. The van der Waals surface area contributed by atoms with Gasteiger partial charge in [-0.05, 0) is 36.1 Å². The lowest BCUT2D eigenvalue weighted by atomic mass is 10.1. The van der Waals surface area contributed by atoms with Crippen molar-refractivity contribution in [1.29, 1.82) is 0 Å². The minimum Gasteiger partial charge on any atom is -0.496 e. The average Bonchev–Trinajstić information content (AvgIpc) is 3.27. The van der Waals surface area contributed by atoms with Crippen LogP contribution in [0.3, 0.4) is 0 Å². The van der Waals surface area contributed by atoms with Gasteiger partial charge in [-0.2, -0.15) is 0 Å². The molecular weight excluding hydrogens is 396 g/mol. The predicted octanol–water partition coefficient (Wildman–Crippen LogP) is 4.41. The summed E-state index contributed by atoms with van der Waals surface area (Å²) in [6.45, 7) is 3.17. The summed E-state index contributed by atoms with van der Waals surface area (Å²) in [5.74, 6) is 0.587. The SMILES string of the molecule is COc1ccccc1CN(Cc1cccs1)C(=O)CCNC(=O)c1ccccc1C. The van der Waals surface area contributed by atoms with E-state index in [9.17, 15) is 9.59 Å². The maximum absolute atomic E-state index is 13.0. The van der Waals surface area contributed by atoms with Crippen LogP contribution in [0.15, 0.2) is 66.0 Å². The minimum atomic E-state index is -0.157. The summed E-state index contributed by atoms with van der Waals surface area (Å²) in [5, 5.41) is 4.87. The summed E-state index contributed by atoms with van der Waals surface area (Å²) in [6.07, 6.45) is 0.234. The Balaban J connectivity index is 1.64. The van der Waals surface area contributed by atoms with Crippen molar-refractivity contribution in [2.75, 3.05) is 13.7 Å². The van der Waals surface area contributed by atoms with Crippen LogP contribution in [0.1, 0.15) is 32.8 Å². The number of carbonyl (C=O) groups excluding carboxylic acids is 2. The van der Waals surface area contributed by atoms with Gasteiger partial charge in [0.15, 0.2) is 0 Å². The number of hydrogen-bond acceptors (Lipinski definition) is 4. The standard InChI is InChI=1S/C24H26N2O3S/c1-18-8-3-5-11-21(18)24(28)25-14-13-23(27)26(17-20-10-7-15-30-20)16-19-9-4-6-12-22(19)29-2/h3-12,15H,13-14,16-17H2,1-2H3,(H,25,28). The second-order valence-corrected chi connectivity index (χ2v) is 7.99. The van der Waals surface area contributed by atoms with Gasteiger partial charge in [0.2, 0.25) is 5.91 Å². The van der Waals surface area contributed by atoms with Crippen molar-refractivity contribution in [2.24, 2.45) is 0 Å². The number of thiophene rings is 1. The predicted molar refractivity (Wildman–Crippen MR) is 120 cm³/mol. The zero-order valence-corrected chi connectivity index (χ0v) is 18.1. The van der Waals surface area contributed by atoms with Gasteiger partial charge < -0.3 is 15.0 Å². The van der Waals surface area contributed by atoms with Crippen molar-refractivity contribution in [3.63, 3.8) is 0 Å². The lowest BCUT2D eigenvalue weighted by molar-refractivity contribution is -0.132. The molecule has 3 rings (SSSR count). The van der Waals surface area contributed by atoms with Gasteiger partial charge >= 0.3 is 0 Å². The quantitative estimate of drug-likeness (QED) is 0.556. The van der Waals surface area contributed by atoms with Crippen LogP contribution < -0.4 is 10.1 Å². The normalized spacial score (nSPS) is 10.5. The Labute approximate surface area is 181 Å². The Kier molecular flexibility index (Phi) is 7.63. The van der Waals surface area contributed by atoms with Gasteiger partial charge in [0.1, 0.15) is 5.75 Å². The average molecular weight is 423 g/mol. The molecule has 1 N–H and O–H groups in total. The van der Waals surface area contributed by atoms with E-state index in [-0.39, 0.29) is 18.2 Å². The summed E-state index contributed by atoms with van der Waals surface area (Å²) in [7, 11) is 1.63. The molecule has 3 aromatic rings. The Bertz CT molecular complexity index is 986. The monoisotopic (exact) mass is 422 g/mol. The number of aryl methyl sites for hydroxylation is 1. The van der Waals surface area contributed by atoms with Crippen molar-refractivity contribution in [3.05, 3.63) is 87.6 Å². The molecule has 0 atom stereocenters. The van der Waals surface area contributed by atoms with E-state index in [1.165, 1.54) is 0 Å². The fourth-order valence-electron chi connectivity index (χ4n) is 3.23. The molecule has 30 heavy (non-hydrogen) atoms. The number of nitrogens with zero attached hydrogens (tertiary/aromatic N) is 1. The number of para-hydroxylation sites is 1. The van der Waals surface area contributed by atoms with Crippen LogP contribution in [-0.4, -0.2) is 30.4 Å². The first-order chi connectivity index (χ1) is 14.6. The van der Waals surface area contributed by atoms with E-state index in [2.05, 4.69) is 5.32 Å². The summed E-state index contributed by atoms with van der Waals surface area (Å²) in [5.41, 5.74) is 2.50. The van der Waals surface area contributed by atoms with Crippen LogP contribution in [-0.2, 0) is 17.9 Å². The van der Waals surface area contributed by atoms with Gasteiger partial charge in [-0.3, -0.25) is 9.59 Å². The van der Waals surface area contributed by atoms with Crippen LogP contribution in [0, 0.1) is 6.92 Å². The second kappa shape index (κ2) is 10.6. The lowest BCUT2D eigenvalue weighted by Gasteiger charge is -2.23. The van der Waals surface area contributed by atoms with E-state index in [0.29, 0.717) is 25.2 Å². The molecule has 5 nitrogen and oxygen atoms in total. The number of ether oxygens (including phenoxy) is 1. The number of methoxy groups -OCH3 is 1. The molecule has 1 heterocycles. The molecule has 0 fully saturated rings. The number of amides is 2. The van der Waals surface area contributed by atoms with Crippen LogP contribution in [0.5, 0.6) is 5.75 Å². The fraction of sp³-hybridized carbons (Fsp3) is 0.250. The van der Waals surface area contributed by atoms with Crippen LogP contribution in [0.2, 0.25) is 0 Å². The Morgan fingerprint density at radius 3 is 2.50 bits per heavy atom. The number of hydrogen-bond donors (Lipinski definition) is 1. The largest absolute Gasteiger partial charge is 0.496 e. The Morgan fingerprint density at radius 1 is 1.00 bits per heavy atom. The molecule has 0 bridgehead atoms. The van der Waals surface area contributed by atoms with Crippen molar-refractivity contribution in [3.8, 4) is 5.75 Å². The summed E-state index contributed by atoms with van der Waals surface area (Å²) in [4.78, 5) is 28.3. The fourth-order valence-corrected chi connectivity index (χ4v) is 3.95. The molecule has 0 saturated heterocycles. The molecule has 0 radical (unpaired) electrons. The smallest absolute Gasteiger partial charge is 0.251 e. The van der Waals surface area contributed by atoms with Crippen LogP contribution in [0.4, 0.5) is 0 Å². The van der Waals surface area contributed by atoms with Crippen molar-refractivity contribution in [2.45, 2.75) is 26.4 Å². The maximum atomic E-state index is 13.0. The van der Waals surface area contributed by atoms with Crippen LogP contribution >= 0.6 is 11.3 Å². The number of nitrogens with one attached hydrogen (secondary N) is 1. The topological polar surface area (TPSA) is 58.6 Å². The van der Waals surface area contributed by atoms with E-state index in [4.69, 9.17) is 4.74 Å². The highest BCUT2D eigenvalue weighted by atomic mass is 32.1. The summed E-state index contributed by atoms with van der Waals surface area (Å²) < 4.78 is 5.44. The third kappa shape index (κ3) is 5.70. The van der Waals surface area contributed by atoms with Gasteiger partial charge in [-0.15, -0.1) is 11.3 Å². The third-order valence-electron chi connectivity index (χ3n) is 4.85. The van der Waals surface area contributed by atoms with Gasteiger partial charge in [-0.1, -0.05) is 42.5 Å². The molecular formula is C24H26N2O3S. The van der Waals surface area contributed by atoms with Crippen LogP contribution in [0.25, 0.3) is 0 Å².